The normalized spacial score (nSPS) is 34.8. The van der Waals surface area contributed by atoms with E-state index < -0.39 is 47.0 Å². The topological polar surface area (TPSA) is 105 Å². The van der Waals surface area contributed by atoms with Gasteiger partial charge in [0.15, 0.2) is 0 Å². The molecule has 3 aliphatic rings. The van der Waals surface area contributed by atoms with Crippen molar-refractivity contribution in [1.82, 2.24) is 4.90 Å². The Morgan fingerprint density at radius 1 is 1.38 bits per heavy atom. The number of anilines is 1. The maximum absolute atomic E-state index is 13.9. The molecule has 4 rings (SSSR count). The molecule has 2 N–H and O–H groups in total. The summed E-state index contributed by atoms with van der Waals surface area (Å²) < 4.78 is 12.0. The van der Waals surface area contributed by atoms with Crippen LogP contribution in [0, 0.1) is 24.7 Å². The Morgan fingerprint density at radius 2 is 2.09 bits per heavy atom. The quantitative estimate of drug-likeness (QED) is 0.567. The van der Waals surface area contributed by atoms with E-state index in [9.17, 15) is 19.5 Å². The maximum Gasteiger partial charge on any atom is 0.312 e. The number of aliphatic hydroxyl groups is 1. The highest BCUT2D eigenvalue weighted by atomic mass is 35.5. The molecule has 3 unspecified atom stereocenters. The van der Waals surface area contributed by atoms with Gasteiger partial charge >= 0.3 is 5.97 Å². The molecule has 0 aromatic heterocycles. The first-order chi connectivity index (χ1) is 16.1. The van der Waals surface area contributed by atoms with Crippen LogP contribution in [-0.2, 0) is 23.9 Å². The number of hydrogen-bond donors (Lipinski definition) is 2. The Hall–Kier alpha value is -2.16. The molecule has 34 heavy (non-hydrogen) atoms. The zero-order valence-corrected chi connectivity index (χ0v) is 21.0. The Labute approximate surface area is 204 Å². The van der Waals surface area contributed by atoms with E-state index in [1.54, 1.807) is 19.1 Å². The molecular formula is C25H33ClN2O6. The van der Waals surface area contributed by atoms with Gasteiger partial charge in [-0.05, 0) is 51.2 Å². The third kappa shape index (κ3) is 3.37. The van der Waals surface area contributed by atoms with Crippen LogP contribution in [0.3, 0.4) is 0 Å². The van der Waals surface area contributed by atoms with Crippen LogP contribution >= 0.6 is 11.6 Å². The molecule has 0 saturated carbocycles. The van der Waals surface area contributed by atoms with Crippen LogP contribution in [0.4, 0.5) is 5.69 Å². The molecule has 9 heteroatoms. The van der Waals surface area contributed by atoms with E-state index in [0.29, 0.717) is 23.6 Å². The number of fused-ring (bicyclic) bond motifs is 1. The molecule has 8 nitrogen and oxygen atoms in total. The number of benzene rings is 1. The fraction of sp³-hybridized carbons (Fsp3) is 0.640. The highest BCUT2D eigenvalue weighted by Crippen LogP contribution is 2.65. The number of hydrogen-bond acceptors (Lipinski definition) is 6. The van der Waals surface area contributed by atoms with E-state index in [1.807, 2.05) is 33.8 Å². The van der Waals surface area contributed by atoms with Crippen molar-refractivity contribution in [3.05, 3.63) is 28.8 Å². The van der Waals surface area contributed by atoms with E-state index >= 15 is 0 Å². The number of carbonyl (C=O) groups excluding carboxylic acids is 3. The van der Waals surface area contributed by atoms with Gasteiger partial charge in [0, 0.05) is 0 Å². The lowest BCUT2D eigenvalue weighted by Crippen LogP contribution is -2.56. The molecule has 3 aliphatic heterocycles. The molecule has 7 atom stereocenters. The Kier molecular flexibility index (Phi) is 6.46. The van der Waals surface area contributed by atoms with Crippen LogP contribution in [0.5, 0.6) is 0 Å². The van der Waals surface area contributed by atoms with Gasteiger partial charge in [-0.25, -0.2) is 0 Å². The Morgan fingerprint density at radius 3 is 2.68 bits per heavy atom. The molecule has 0 radical (unpaired) electrons. The third-order valence-corrected chi connectivity index (χ3v) is 8.40. The minimum atomic E-state index is -1.20. The summed E-state index contributed by atoms with van der Waals surface area (Å²) in [5.74, 6) is -3.07. The van der Waals surface area contributed by atoms with Crippen LogP contribution in [0.2, 0.25) is 5.02 Å². The zero-order valence-electron chi connectivity index (χ0n) is 20.3. The molecule has 3 saturated heterocycles. The second kappa shape index (κ2) is 8.81. The van der Waals surface area contributed by atoms with Crippen molar-refractivity contribution in [2.75, 3.05) is 18.5 Å². The minimum absolute atomic E-state index is 0.0857. The number of amides is 2. The van der Waals surface area contributed by atoms with Gasteiger partial charge in [-0.3, -0.25) is 14.4 Å². The monoisotopic (exact) mass is 492 g/mol. The van der Waals surface area contributed by atoms with Gasteiger partial charge in [-0.1, -0.05) is 37.6 Å². The first-order valence-corrected chi connectivity index (χ1v) is 12.3. The van der Waals surface area contributed by atoms with Crippen molar-refractivity contribution in [1.29, 1.82) is 0 Å². The first-order valence-electron chi connectivity index (χ1n) is 11.9. The van der Waals surface area contributed by atoms with Gasteiger partial charge in [0.05, 0.1) is 41.5 Å². The van der Waals surface area contributed by atoms with Crippen molar-refractivity contribution in [2.24, 2.45) is 17.8 Å². The SMILES string of the molecule is CCOC(=O)[C@@H]1[C@H]2C(=O)N([C@@H](CC)CO)C(C(=O)Nc3c(C)cccc3Cl)C23CC(C)[C@@]1(C)O3. The van der Waals surface area contributed by atoms with E-state index in [1.165, 1.54) is 4.90 Å². The lowest BCUT2D eigenvalue weighted by molar-refractivity contribution is -0.161. The molecule has 2 bridgehead atoms. The standard InChI is InChI=1S/C25H33ClN2O6/c1-6-15(12-29)28-20(21(30)27-19-13(3)9-8-10-16(19)26)25-11-14(4)24(5,34-25)18(17(25)22(28)31)23(32)33-7-2/h8-10,14-15,17-18,20,29H,6-7,11-12H2,1-5H3,(H,27,30)/t14?,15-,17-,18-,20?,24+,25?/m0/s1. The fourth-order valence-corrected chi connectivity index (χ4v) is 6.62. The van der Waals surface area contributed by atoms with Crippen molar-refractivity contribution in [3.8, 4) is 0 Å². The van der Waals surface area contributed by atoms with E-state index in [2.05, 4.69) is 5.32 Å². The third-order valence-electron chi connectivity index (χ3n) is 8.09. The van der Waals surface area contributed by atoms with Crippen molar-refractivity contribution in [2.45, 2.75) is 70.7 Å². The fourth-order valence-electron chi connectivity index (χ4n) is 6.36. The molecule has 2 amide bonds. The lowest BCUT2D eigenvalue weighted by atomic mass is 9.62. The number of likely N-dealkylation sites (tertiary alicyclic amines) is 1. The largest absolute Gasteiger partial charge is 0.466 e. The van der Waals surface area contributed by atoms with E-state index in [-0.39, 0.29) is 25.0 Å². The number of carbonyl (C=O) groups is 3. The van der Waals surface area contributed by atoms with Gasteiger partial charge in [-0.2, -0.15) is 0 Å². The summed E-state index contributed by atoms with van der Waals surface area (Å²) in [6.45, 7) is 9.08. The maximum atomic E-state index is 13.9. The number of para-hydroxylation sites is 1. The number of aliphatic hydroxyl groups excluding tert-OH is 1. The Bertz CT molecular complexity index is 993. The number of ether oxygens (including phenoxy) is 2. The van der Waals surface area contributed by atoms with Crippen molar-refractivity contribution < 1.29 is 29.0 Å². The van der Waals surface area contributed by atoms with Crippen LogP contribution < -0.4 is 5.32 Å². The molecule has 1 aromatic carbocycles. The van der Waals surface area contributed by atoms with E-state index in [0.717, 1.165) is 5.56 Å². The molecule has 1 aromatic rings. The highest BCUT2D eigenvalue weighted by molar-refractivity contribution is 6.34. The smallest absolute Gasteiger partial charge is 0.312 e. The second-order valence-electron chi connectivity index (χ2n) is 9.87. The van der Waals surface area contributed by atoms with Gasteiger partial charge in [0.25, 0.3) is 0 Å². The number of esters is 1. The van der Waals surface area contributed by atoms with Gasteiger partial charge in [0.1, 0.15) is 17.6 Å². The molecular weight excluding hydrogens is 460 g/mol. The predicted octanol–water partition coefficient (Wildman–Crippen LogP) is 2.93. The second-order valence-corrected chi connectivity index (χ2v) is 10.3. The van der Waals surface area contributed by atoms with Gasteiger partial charge < -0.3 is 24.8 Å². The van der Waals surface area contributed by atoms with Crippen molar-refractivity contribution in [3.63, 3.8) is 0 Å². The number of aryl methyl sites for hydroxylation is 1. The van der Waals surface area contributed by atoms with Gasteiger partial charge in [0.2, 0.25) is 11.8 Å². The van der Waals surface area contributed by atoms with Crippen LogP contribution in [0.25, 0.3) is 0 Å². The number of halogens is 1. The molecule has 3 fully saturated rings. The van der Waals surface area contributed by atoms with Crippen LogP contribution in [0.1, 0.15) is 46.1 Å². The molecule has 186 valence electrons. The summed E-state index contributed by atoms with van der Waals surface area (Å²) in [4.78, 5) is 42.4. The van der Waals surface area contributed by atoms with E-state index in [4.69, 9.17) is 21.1 Å². The molecule has 3 heterocycles. The summed E-state index contributed by atoms with van der Waals surface area (Å²) in [6, 6.07) is 3.69. The summed E-state index contributed by atoms with van der Waals surface area (Å²) in [6.07, 6.45) is 0.880. The average molecular weight is 493 g/mol. The summed E-state index contributed by atoms with van der Waals surface area (Å²) in [5, 5.41) is 13.4. The number of nitrogens with one attached hydrogen (secondary N) is 1. The summed E-state index contributed by atoms with van der Waals surface area (Å²) >= 11 is 6.37. The number of nitrogens with zero attached hydrogens (tertiary/aromatic N) is 1. The molecule has 1 spiro atoms. The lowest BCUT2D eigenvalue weighted by Gasteiger charge is -2.36. The zero-order chi connectivity index (χ0) is 25.0. The highest BCUT2D eigenvalue weighted by Gasteiger charge is 2.80. The van der Waals surface area contributed by atoms with Crippen molar-refractivity contribution >= 4 is 35.1 Å². The molecule has 0 aliphatic carbocycles. The van der Waals surface area contributed by atoms with Crippen LogP contribution in [-0.4, -0.2) is 64.3 Å². The summed E-state index contributed by atoms with van der Waals surface area (Å²) in [5.41, 5.74) is -0.892. The number of rotatable bonds is 7. The Balaban J connectivity index is 1.83. The van der Waals surface area contributed by atoms with Crippen LogP contribution in [0.15, 0.2) is 18.2 Å². The average Bonchev–Trinajstić information content (AvgIpc) is 3.29. The first kappa shape index (κ1) is 24.9. The van der Waals surface area contributed by atoms with Gasteiger partial charge in [-0.15, -0.1) is 0 Å². The predicted molar refractivity (Wildman–Crippen MR) is 126 cm³/mol. The minimum Gasteiger partial charge on any atom is -0.466 e. The summed E-state index contributed by atoms with van der Waals surface area (Å²) in [7, 11) is 0.